The highest BCUT2D eigenvalue weighted by atomic mass is 16.5. The van der Waals surface area contributed by atoms with Crippen molar-refractivity contribution in [2.75, 3.05) is 19.6 Å². The van der Waals surface area contributed by atoms with Gasteiger partial charge in [0, 0.05) is 0 Å². The molecule has 5 nitrogen and oxygen atoms in total. The van der Waals surface area contributed by atoms with E-state index in [1.165, 1.54) is 14.2 Å². The molecule has 0 fully saturated rings. The van der Waals surface area contributed by atoms with Crippen LogP contribution in [0.1, 0.15) is 10.4 Å². The Morgan fingerprint density at radius 3 is 2.64 bits per heavy atom. The van der Waals surface area contributed by atoms with Crippen LogP contribution in [0.4, 0.5) is 5.69 Å². The molecule has 0 unspecified atom stereocenters. The van der Waals surface area contributed by atoms with E-state index in [-0.39, 0.29) is 0 Å². The normalized spacial score (nSPS) is 9.36. The van der Waals surface area contributed by atoms with Crippen LogP contribution in [0.5, 0.6) is 5.75 Å². The molecule has 0 spiro atoms. The maximum atomic E-state index is 11.3. The fraction of sp³-hybridized carbons (Fsp3) is 0.222. The maximum Gasteiger partial charge on any atom is 0.340 e. The smallest absolute Gasteiger partial charge is 0.340 e. The second-order valence-corrected chi connectivity index (χ2v) is 2.55. The van der Waals surface area contributed by atoms with Gasteiger partial charge in [-0.25, -0.2) is 4.79 Å². The van der Waals surface area contributed by atoms with Crippen molar-refractivity contribution in [3.8, 4) is 5.75 Å². The molecule has 0 aliphatic carbocycles. The van der Waals surface area contributed by atoms with E-state index < -0.39 is 5.97 Å². The third kappa shape index (κ3) is 1.94. The van der Waals surface area contributed by atoms with Crippen LogP contribution in [0.25, 0.3) is 0 Å². The highest BCUT2D eigenvalue weighted by Gasteiger charge is 2.11. The minimum atomic E-state index is -0.461. The molecule has 1 aromatic rings. The molecule has 1 rings (SSSR count). The SMILES string of the molecule is COC(=O)c1cc(OC)ccc1NN. The predicted molar refractivity (Wildman–Crippen MR) is 52.1 cm³/mol. The van der Waals surface area contributed by atoms with Crippen molar-refractivity contribution in [2.24, 2.45) is 5.84 Å². The van der Waals surface area contributed by atoms with Crippen LogP contribution in [-0.4, -0.2) is 20.2 Å². The van der Waals surface area contributed by atoms with Gasteiger partial charge in [0.1, 0.15) is 5.75 Å². The van der Waals surface area contributed by atoms with Crippen LogP contribution in [0.15, 0.2) is 18.2 Å². The first kappa shape index (κ1) is 10.3. The summed E-state index contributed by atoms with van der Waals surface area (Å²) in [5.41, 5.74) is 3.25. The molecule has 0 bridgehead atoms. The Morgan fingerprint density at radius 1 is 1.43 bits per heavy atom. The van der Waals surface area contributed by atoms with Gasteiger partial charge in [-0.1, -0.05) is 0 Å². The minimum Gasteiger partial charge on any atom is -0.497 e. The van der Waals surface area contributed by atoms with Crippen molar-refractivity contribution < 1.29 is 14.3 Å². The number of nitrogens with two attached hydrogens (primary N) is 1. The van der Waals surface area contributed by atoms with Gasteiger partial charge in [0.15, 0.2) is 0 Å². The Balaban J connectivity index is 3.14. The van der Waals surface area contributed by atoms with Gasteiger partial charge in [-0.05, 0) is 18.2 Å². The van der Waals surface area contributed by atoms with Crippen LogP contribution in [0.3, 0.4) is 0 Å². The van der Waals surface area contributed by atoms with E-state index in [0.29, 0.717) is 17.0 Å². The van der Waals surface area contributed by atoms with Crippen molar-refractivity contribution in [1.82, 2.24) is 0 Å². The van der Waals surface area contributed by atoms with Crippen LogP contribution >= 0.6 is 0 Å². The maximum absolute atomic E-state index is 11.3. The summed E-state index contributed by atoms with van der Waals surface area (Å²) in [6.07, 6.45) is 0. The molecule has 0 aliphatic rings. The van der Waals surface area contributed by atoms with Gasteiger partial charge in [0.2, 0.25) is 0 Å². The number of carbonyl (C=O) groups excluding carboxylic acids is 1. The summed E-state index contributed by atoms with van der Waals surface area (Å²) in [6, 6.07) is 4.90. The summed E-state index contributed by atoms with van der Waals surface area (Å²) in [6.45, 7) is 0. The Morgan fingerprint density at radius 2 is 2.14 bits per heavy atom. The van der Waals surface area contributed by atoms with E-state index in [1.807, 2.05) is 0 Å². The number of hydrazine groups is 1. The Bertz CT molecular complexity index is 339. The number of benzene rings is 1. The molecule has 3 N–H and O–H groups in total. The molecule has 1 aromatic carbocycles. The highest BCUT2D eigenvalue weighted by Crippen LogP contribution is 2.21. The zero-order chi connectivity index (χ0) is 10.6. The van der Waals surface area contributed by atoms with Crippen molar-refractivity contribution in [2.45, 2.75) is 0 Å². The quantitative estimate of drug-likeness (QED) is 0.424. The predicted octanol–water partition coefficient (Wildman–Crippen LogP) is 0.767. The molecule has 5 heteroatoms. The fourth-order valence-corrected chi connectivity index (χ4v) is 1.06. The number of methoxy groups -OCH3 is 2. The molecule has 0 atom stereocenters. The lowest BCUT2D eigenvalue weighted by atomic mass is 10.1. The zero-order valence-corrected chi connectivity index (χ0v) is 8.03. The lowest BCUT2D eigenvalue weighted by molar-refractivity contribution is 0.0601. The average molecular weight is 196 g/mol. The summed E-state index contributed by atoms with van der Waals surface area (Å²) in [4.78, 5) is 11.3. The first-order valence-electron chi connectivity index (χ1n) is 3.96. The van der Waals surface area contributed by atoms with Crippen molar-refractivity contribution >= 4 is 11.7 Å². The van der Waals surface area contributed by atoms with Crippen molar-refractivity contribution in [3.05, 3.63) is 23.8 Å². The lowest BCUT2D eigenvalue weighted by Gasteiger charge is -2.08. The topological polar surface area (TPSA) is 73.6 Å². The van der Waals surface area contributed by atoms with E-state index in [9.17, 15) is 4.79 Å². The van der Waals surface area contributed by atoms with Gasteiger partial charge in [-0.15, -0.1) is 0 Å². The minimum absolute atomic E-state index is 0.342. The molecular formula is C9H12N2O3. The second kappa shape index (κ2) is 4.48. The molecule has 0 saturated carbocycles. The first-order valence-corrected chi connectivity index (χ1v) is 3.96. The fourth-order valence-electron chi connectivity index (χ4n) is 1.06. The number of ether oxygens (including phenoxy) is 2. The van der Waals surface area contributed by atoms with Gasteiger partial charge in [0.05, 0.1) is 25.5 Å². The van der Waals surface area contributed by atoms with Gasteiger partial charge < -0.3 is 14.9 Å². The van der Waals surface area contributed by atoms with E-state index in [0.717, 1.165) is 0 Å². The molecule has 0 heterocycles. The summed E-state index contributed by atoms with van der Waals surface area (Å²) < 4.78 is 9.56. The summed E-state index contributed by atoms with van der Waals surface area (Å²) in [5.74, 6) is 5.35. The molecule has 76 valence electrons. The average Bonchev–Trinajstić information content (AvgIpc) is 2.27. The summed E-state index contributed by atoms with van der Waals surface area (Å²) in [7, 11) is 2.83. The van der Waals surface area contributed by atoms with Gasteiger partial charge >= 0.3 is 5.97 Å². The Hall–Kier alpha value is -1.75. The molecule has 0 aromatic heterocycles. The largest absolute Gasteiger partial charge is 0.497 e. The first-order chi connectivity index (χ1) is 6.72. The zero-order valence-electron chi connectivity index (χ0n) is 8.03. The monoisotopic (exact) mass is 196 g/mol. The standard InChI is InChI=1S/C9H12N2O3/c1-13-6-3-4-8(11-10)7(5-6)9(12)14-2/h3-5,11H,10H2,1-2H3. The van der Waals surface area contributed by atoms with Crippen molar-refractivity contribution in [1.29, 1.82) is 0 Å². The van der Waals surface area contributed by atoms with E-state index in [1.54, 1.807) is 18.2 Å². The molecule has 0 amide bonds. The van der Waals surface area contributed by atoms with E-state index in [4.69, 9.17) is 10.6 Å². The van der Waals surface area contributed by atoms with Crippen LogP contribution < -0.4 is 16.0 Å². The number of carbonyl (C=O) groups is 1. The number of esters is 1. The van der Waals surface area contributed by atoms with Crippen LogP contribution in [0.2, 0.25) is 0 Å². The number of nitrogens with one attached hydrogen (secondary N) is 1. The summed E-state index contributed by atoms with van der Waals surface area (Å²) >= 11 is 0. The third-order valence-corrected chi connectivity index (χ3v) is 1.79. The second-order valence-electron chi connectivity index (χ2n) is 2.55. The molecule has 0 aliphatic heterocycles. The summed E-state index contributed by atoms with van der Waals surface area (Å²) in [5, 5.41) is 0. The number of nitrogen functional groups attached to an aromatic ring is 1. The van der Waals surface area contributed by atoms with Gasteiger partial charge in [0.25, 0.3) is 0 Å². The molecule has 0 radical (unpaired) electrons. The van der Waals surface area contributed by atoms with Crippen LogP contribution in [0, 0.1) is 0 Å². The highest BCUT2D eigenvalue weighted by molar-refractivity contribution is 5.96. The third-order valence-electron chi connectivity index (χ3n) is 1.79. The molecule has 0 saturated heterocycles. The van der Waals surface area contributed by atoms with Crippen molar-refractivity contribution in [3.63, 3.8) is 0 Å². The lowest BCUT2D eigenvalue weighted by Crippen LogP contribution is -2.12. The number of anilines is 1. The van der Waals surface area contributed by atoms with Gasteiger partial charge in [-0.3, -0.25) is 5.84 Å². The number of hydrogen-bond acceptors (Lipinski definition) is 5. The number of hydrogen-bond donors (Lipinski definition) is 2. The Kier molecular flexibility index (Phi) is 3.30. The Labute approximate surface area is 81.8 Å². The van der Waals surface area contributed by atoms with E-state index in [2.05, 4.69) is 10.2 Å². The van der Waals surface area contributed by atoms with E-state index >= 15 is 0 Å². The van der Waals surface area contributed by atoms with Crippen LogP contribution in [-0.2, 0) is 4.74 Å². The van der Waals surface area contributed by atoms with Gasteiger partial charge in [-0.2, -0.15) is 0 Å². The number of rotatable bonds is 3. The molecule has 14 heavy (non-hydrogen) atoms. The molecular weight excluding hydrogens is 184 g/mol.